The summed E-state index contributed by atoms with van der Waals surface area (Å²) in [5.41, 5.74) is 13.5. The first-order valence-electron chi connectivity index (χ1n) is 10.1. The number of nitrogens with two attached hydrogens (primary N) is 1. The van der Waals surface area contributed by atoms with Gasteiger partial charge in [-0.05, 0) is 74.9 Å². The lowest BCUT2D eigenvalue weighted by molar-refractivity contribution is 0.525. The van der Waals surface area contributed by atoms with Gasteiger partial charge in [0.25, 0.3) is 0 Å². The number of nitrogen functional groups attached to an aromatic ring is 1. The molecule has 3 aromatic rings. The van der Waals surface area contributed by atoms with Crippen LogP contribution in [-0.2, 0) is 13.5 Å². The maximum atomic E-state index is 6.05. The van der Waals surface area contributed by atoms with E-state index >= 15 is 0 Å². The molecule has 0 aliphatic carbocycles. The predicted octanol–water partition coefficient (Wildman–Crippen LogP) is 5.51. The van der Waals surface area contributed by atoms with Crippen molar-refractivity contribution in [2.24, 2.45) is 13.0 Å². The second-order valence-electron chi connectivity index (χ2n) is 7.91. The lowest BCUT2D eigenvalue weighted by Gasteiger charge is -2.15. The zero-order chi connectivity index (χ0) is 21.0. The third-order valence-electron chi connectivity index (χ3n) is 5.20. The fourth-order valence-corrected chi connectivity index (χ4v) is 4.00. The number of hydrogen-bond donors (Lipinski definition) is 2. The van der Waals surface area contributed by atoms with Crippen LogP contribution in [0.3, 0.4) is 0 Å². The summed E-state index contributed by atoms with van der Waals surface area (Å²) in [4.78, 5) is 4.72. The molecule has 0 radical (unpaired) electrons. The van der Waals surface area contributed by atoms with E-state index < -0.39 is 0 Å². The average molecular weight is 456 g/mol. The number of halogens is 1. The average Bonchev–Trinajstić information content (AvgIpc) is 3.02. The molecule has 0 unspecified atom stereocenters. The van der Waals surface area contributed by atoms with E-state index in [1.54, 1.807) is 0 Å². The molecule has 29 heavy (non-hydrogen) atoms. The fraction of sp³-hybridized carbons (Fsp3) is 0.391. The molecule has 0 fully saturated rings. The van der Waals surface area contributed by atoms with Crippen LogP contribution >= 0.6 is 15.9 Å². The first-order chi connectivity index (χ1) is 13.8. The Morgan fingerprint density at radius 2 is 2.00 bits per heavy atom. The van der Waals surface area contributed by atoms with E-state index in [9.17, 15) is 0 Å². The monoisotopic (exact) mass is 455 g/mol. The second kappa shape index (κ2) is 9.44. The van der Waals surface area contributed by atoms with Crippen LogP contribution in [0.25, 0.3) is 11.3 Å². The molecule has 0 spiro atoms. The van der Waals surface area contributed by atoms with Crippen molar-refractivity contribution < 1.29 is 0 Å². The largest absolute Gasteiger partial charge is 0.397 e. The molecule has 0 bridgehead atoms. The van der Waals surface area contributed by atoms with E-state index in [-0.39, 0.29) is 0 Å². The third-order valence-corrected chi connectivity index (χ3v) is 5.70. The van der Waals surface area contributed by atoms with Gasteiger partial charge in [0.05, 0.1) is 23.3 Å². The van der Waals surface area contributed by atoms with Crippen LogP contribution < -0.4 is 11.1 Å². The van der Waals surface area contributed by atoms with Crippen molar-refractivity contribution >= 4 is 27.3 Å². The fourth-order valence-electron chi connectivity index (χ4n) is 3.64. The van der Waals surface area contributed by atoms with E-state index in [2.05, 4.69) is 52.3 Å². The lowest BCUT2D eigenvalue weighted by Crippen LogP contribution is -2.13. The van der Waals surface area contributed by atoms with E-state index in [1.807, 2.05) is 43.0 Å². The zero-order valence-electron chi connectivity index (χ0n) is 17.7. The highest BCUT2D eigenvalue weighted by Gasteiger charge is 2.13. The minimum Gasteiger partial charge on any atom is -0.397 e. The first kappa shape index (κ1) is 21.4. The molecule has 1 aromatic carbocycles. The Morgan fingerprint density at radius 1 is 1.21 bits per heavy atom. The van der Waals surface area contributed by atoms with Crippen LogP contribution in [0.5, 0.6) is 0 Å². The quantitative estimate of drug-likeness (QED) is 0.439. The van der Waals surface area contributed by atoms with E-state index in [1.165, 1.54) is 11.3 Å². The number of benzene rings is 1. The van der Waals surface area contributed by atoms with E-state index in [4.69, 9.17) is 10.7 Å². The molecule has 154 valence electrons. The Balaban J connectivity index is 1.58. The van der Waals surface area contributed by atoms with Crippen LogP contribution in [0, 0.1) is 19.8 Å². The van der Waals surface area contributed by atoms with Crippen molar-refractivity contribution in [2.75, 3.05) is 17.6 Å². The van der Waals surface area contributed by atoms with Crippen LogP contribution in [0.2, 0.25) is 0 Å². The van der Waals surface area contributed by atoms with Crippen molar-refractivity contribution in [2.45, 2.75) is 40.0 Å². The highest BCUT2D eigenvalue weighted by Crippen LogP contribution is 2.26. The molecular formula is C23H30BrN5. The normalized spacial score (nSPS) is 12.2. The summed E-state index contributed by atoms with van der Waals surface area (Å²) in [5, 5.41) is 7.97. The van der Waals surface area contributed by atoms with Crippen molar-refractivity contribution in [3.63, 3.8) is 0 Å². The summed E-state index contributed by atoms with van der Waals surface area (Å²) >= 11 is 3.50. The van der Waals surface area contributed by atoms with Crippen molar-refractivity contribution in [3.05, 3.63) is 58.0 Å². The van der Waals surface area contributed by atoms with Gasteiger partial charge >= 0.3 is 0 Å². The highest BCUT2D eigenvalue weighted by atomic mass is 79.9. The summed E-state index contributed by atoms with van der Waals surface area (Å²) in [6, 6.07) is 10.2. The van der Waals surface area contributed by atoms with E-state index in [0.717, 1.165) is 58.6 Å². The highest BCUT2D eigenvalue weighted by molar-refractivity contribution is 9.10. The second-order valence-corrected chi connectivity index (χ2v) is 8.83. The van der Waals surface area contributed by atoms with Gasteiger partial charge < -0.3 is 11.1 Å². The molecule has 2 aromatic heterocycles. The topological polar surface area (TPSA) is 68.8 Å². The number of rotatable bonds is 8. The molecule has 0 saturated carbocycles. The van der Waals surface area contributed by atoms with Gasteiger partial charge in [-0.1, -0.05) is 22.9 Å². The number of anilines is 2. The summed E-state index contributed by atoms with van der Waals surface area (Å²) in [6.45, 7) is 7.33. The number of aryl methyl sites for hydroxylation is 3. The Bertz CT molecular complexity index is 959. The summed E-state index contributed by atoms with van der Waals surface area (Å²) in [7, 11) is 2.02. The van der Waals surface area contributed by atoms with Gasteiger partial charge in [-0.15, -0.1) is 0 Å². The molecule has 2 heterocycles. The van der Waals surface area contributed by atoms with Gasteiger partial charge in [0, 0.05) is 35.0 Å². The first-order valence-corrected chi connectivity index (χ1v) is 10.9. The number of hydrogen-bond acceptors (Lipinski definition) is 4. The molecule has 0 saturated heterocycles. The van der Waals surface area contributed by atoms with Crippen molar-refractivity contribution in [1.82, 2.24) is 14.8 Å². The van der Waals surface area contributed by atoms with Gasteiger partial charge in [0.15, 0.2) is 0 Å². The molecule has 1 atom stereocenters. The van der Waals surface area contributed by atoms with Crippen LogP contribution in [0.1, 0.15) is 36.7 Å². The molecule has 3 rings (SSSR count). The van der Waals surface area contributed by atoms with Gasteiger partial charge in [-0.25, -0.2) is 0 Å². The van der Waals surface area contributed by atoms with Crippen LogP contribution in [-0.4, -0.2) is 21.3 Å². The summed E-state index contributed by atoms with van der Waals surface area (Å²) in [5.74, 6) is 0.546. The number of pyridine rings is 1. The number of aromatic nitrogens is 3. The maximum Gasteiger partial charge on any atom is 0.0742 e. The predicted molar refractivity (Wildman–Crippen MR) is 125 cm³/mol. The maximum absolute atomic E-state index is 6.05. The standard InChI is InChI=1S/C23H30BrN5/c1-15(13-26-22-12-18(24)8-9-20(22)25)6-5-7-23-19(14-27-29(23)4)21-11-16(2)10-17(3)28-21/h8-12,14-15,26H,5-7,13,25H2,1-4H3/t15-/m1/s1. The van der Waals surface area contributed by atoms with Gasteiger partial charge in [-0.3, -0.25) is 9.67 Å². The minimum atomic E-state index is 0.546. The molecule has 6 heteroatoms. The Hall–Kier alpha value is -2.34. The SMILES string of the molecule is Cc1cc(C)nc(-c2cnn(C)c2CCC[C@@H](C)CNc2cc(Br)ccc2N)c1. The van der Waals surface area contributed by atoms with Crippen molar-refractivity contribution in [1.29, 1.82) is 0 Å². The van der Waals surface area contributed by atoms with E-state index in [0.29, 0.717) is 5.92 Å². The third kappa shape index (κ3) is 5.60. The van der Waals surface area contributed by atoms with Gasteiger partial charge in [-0.2, -0.15) is 5.10 Å². The molecule has 0 aliphatic heterocycles. The van der Waals surface area contributed by atoms with Crippen LogP contribution in [0.15, 0.2) is 41.0 Å². The molecule has 0 aliphatic rings. The zero-order valence-corrected chi connectivity index (χ0v) is 19.3. The molecule has 3 N–H and O–H groups in total. The Kier molecular flexibility index (Phi) is 6.96. The van der Waals surface area contributed by atoms with Gasteiger partial charge in [0.2, 0.25) is 0 Å². The Labute approximate surface area is 181 Å². The molecular weight excluding hydrogens is 426 g/mol. The Morgan fingerprint density at radius 3 is 2.76 bits per heavy atom. The minimum absolute atomic E-state index is 0.546. The van der Waals surface area contributed by atoms with Crippen molar-refractivity contribution in [3.8, 4) is 11.3 Å². The lowest BCUT2D eigenvalue weighted by atomic mass is 10.0. The molecule has 0 amide bonds. The summed E-state index contributed by atoms with van der Waals surface area (Å²) < 4.78 is 3.02. The van der Waals surface area contributed by atoms with Gasteiger partial charge in [0.1, 0.15) is 0 Å². The molecule has 5 nitrogen and oxygen atoms in total. The number of nitrogens with one attached hydrogen (secondary N) is 1. The van der Waals surface area contributed by atoms with Crippen LogP contribution in [0.4, 0.5) is 11.4 Å². The smallest absolute Gasteiger partial charge is 0.0742 e. The number of nitrogens with zero attached hydrogens (tertiary/aromatic N) is 3. The summed E-state index contributed by atoms with van der Waals surface area (Å²) in [6.07, 6.45) is 5.17.